The van der Waals surface area contributed by atoms with Crippen LogP contribution in [-0.4, -0.2) is 28.9 Å². The van der Waals surface area contributed by atoms with Gasteiger partial charge in [0.25, 0.3) is 0 Å². The van der Waals surface area contributed by atoms with E-state index in [4.69, 9.17) is 16.3 Å². The molecule has 2 aromatic carbocycles. The van der Waals surface area contributed by atoms with Gasteiger partial charge in [0.1, 0.15) is 11.9 Å². The molecule has 34 heavy (non-hydrogen) atoms. The molecular formula is C27H23ClN2O3S. The third kappa shape index (κ3) is 4.39. The maximum atomic E-state index is 12.4. The first-order valence-corrected chi connectivity index (χ1v) is 12.2. The van der Waals surface area contributed by atoms with Crippen LogP contribution < -0.4 is 10.1 Å². The second-order valence-corrected chi connectivity index (χ2v) is 9.89. The molecular weight excluding hydrogens is 468 g/mol. The molecule has 0 spiro atoms. The lowest BCUT2D eigenvalue weighted by Gasteiger charge is -2.11. The van der Waals surface area contributed by atoms with Crippen molar-refractivity contribution >= 4 is 51.6 Å². The first-order valence-electron chi connectivity index (χ1n) is 11.0. The number of hydrogen-bond acceptors (Lipinski definition) is 4. The number of halogens is 1. The number of rotatable bonds is 6. The molecule has 1 aliphatic rings. The molecule has 2 aromatic heterocycles. The zero-order valence-corrected chi connectivity index (χ0v) is 20.4. The summed E-state index contributed by atoms with van der Waals surface area (Å²) in [6.07, 6.45) is 5.87. The van der Waals surface area contributed by atoms with Gasteiger partial charge in [-0.25, -0.2) is 0 Å². The molecule has 1 unspecified atom stereocenters. The van der Waals surface area contributed by atoms with E-state index in [1.165, 1.54) is 11.3 Å². The molecule has 0 radical (unpaired) electrons. The summed E-state index contributed by atoms with van der Waals surface area (Å²) in [5.74, 6) is 0.547. The number of ketones is 1. The van der Waals surface area contributed by atoms with Crippen molar-refractivity contribution in [1.29, 1.82) is 0 Å². The number of nitrogens with zero attached hydrogens (tertiary/aromatic N) is 1. The first-order chi connectivity index (χ1) is 16.4. The number of nitrogens with one attached hydrogen (secondary N) is 1. The Bertz CT molecular complexity index is 1450. The van der Waals surface area contributed by atoms with E-state index in [0.29, 0.717) is 23.7 Å². The van der Waals surface area contributed by atoms with Gasteiger partial charge in [-0.2, -0.15) is 0 Å². The van der Waals surface area contributed by atoms with E-state index in [1.54, 1.807) is 13.0 Å². The number of amides is 1. The quantitative estimate of drug-likeness (QED) is 0.270. The van der Waals surface area contributed by atoms with Crippen molar-refractivity contribution in [2.24, 2.45) is 7.05 Å². The number of hydrogen-bond donors (Lipinski definition) is 1. The second-order valence-electron chi connectivity index (χ2n) is 8.40. The molecule has 0 aliphatic carbocycles. The number of Topliss-reactive ketones (excluding diaryl/α,β-unsaturated/α-hetero) is 1. The van der Waals surface area contributed by atoms with Gasteiger partial charge in [-0.1, -0.05) is 29.8 Å². The summed E-state index contributed by atoms with van der Waals surface area (Å²) >= 11 is 7.96. The largest absolute Gasteiger partial charge is 0.486 e. The highest BCUT2D eigenvalue weighted by molar-refractivity contribution is 7.17. The Morgan fingerprint density at radius 3 is 2.85 bits per heavy atom. The molecule has 0 bridgehead atoms. The zero-order valence-electron chi connectivity index (χ0n) is 18.8. The van der Waals surface area contributed by atoms with Crippen molar-refractivity contribution < 1.29 is 14.3 Å². The number of aryl methyl sites for hydroxylation is 1. The number of fused-ring (bicyclic) bond motifs is 2. The van der Waals surface area contributed by atoms with Crippen LogP contribution in [0.25, 0.3) is 27.4 Å². The summed E-state index contributed by atoms with van der Waals surface area (Å²) in [6.45, 7) is 1.95. The van der Waals surface area contributed by atoms with Crippen LogP contribution in [0.2, 0.25) is 5.02 Å². The van der Waals surface area contributed by atoms with Crippen molar-refractivity contribution in [2.45, 2.75) is 19.4 Å². The Hall–Kier alpha value is -3.35. The minimum Gasteiger partial charge on any atom is -0.486 e. The summed E-state index contributed by atoms with van der Waals surface area (Å²) in [6, 6.07) is 15.8. The average molecular weight is 491 g/mol. The molecule has 5 nitrogen and oxygen atoms in total. The molecule has 0 fully saturated rings. The number of benzene rings is 2. The highest BCUT2D eigenvalue weighted by atomic mass is 35.5. The van der Waals surface area contributed by atoms with Gasteiger partial charge in [-0.15, -0.1) is 11.3 Å². The third-order valence-electron chi connectivity index (χ3n) is 5.94. The number of para-hydroxylation sites is 1. The highest BCUT2D eigenvalue weighted by Crippen LogP contribution is 2.41. The Morgan fingerprint density at radius 1 is 1.24 bits per heavy atom. The molecule has 5 rings (SSSR count). The van der Waals surface area contributed by atoms with Gasteiger partial charge >= 0.3 is 0 Å². The van der Waals surface area contributed by atoms with Gasteiger partial charge in [0.15, 0.2) is 5.78 Å². The minimum absolute atomic E-state index is 0.0529. The number of carbonyl (C=O) groups is 2. The summed E-state index contributed by atoms with van der Waals surface area (Å²) < 4.78 is 8.07. The average Bonchev–Trinajstić information content (AvgIpc) is 3.54. The van der Waals surface area contributed by atoms with E-state index in [-0.39, 0.29) is 17.8 Å². The molecule has 0 saturated carbocycles. The summed E-state index contributed by atoms with van der Waals surface area (Å²) in [5.41, 5.74) is 4.09. The monoisotopic (exact) mass is 490 g/mol. The number of aromatic nitrogens is 1. The van der Waals surface area contributed by atoms with Crippen molar-refractivity contribution in [3.05, 3.63) is 81.8 Å². The highest BCUT2D eigenvalue weighted by Gasteiger charge is 2.26. The first kappa shape index (κ1) is 22.4. The summed E-state index contributed by atoms with van der Waals surface area (Å²) in [7, 11) is 1.99. The van der Waals surface area contributed by atoms with Crippen LogP contribution in [0.1, 0.15) is 27.7 Å². The smallest absolute Gasteiger partial charge is 0.244 e. The molecule has 1 aliphatic heterocycles. The lowest BCUT2D eigenvalue weighted by atomic mass is 10.1. The molecule has 1 atom stereocenters. The van der Waals surface area contributed by atoms with Crippen LogP contribution in [-0.2, 0) is 18.3 Å². The van der Waals surface area contributed by atoms with E-state index < -0.39 is 0 Å². The Balaban J connectivity index is 1.23. The van der Waals surface area contributed by atoms with Gasteiger partial charge in [0, 0.05) is 52.6 Å². The van der Waals surface area contributed by atoms with E-state index in [1.807, 2.05) is 60.3 Å². The lowest BCUT2D eigenvalue weighted by Crippen LogP contribution is -2.33. The fraction of sp³-hybridized carbons (Fsp3) is 0.185. The SMILES string of the molecule is CC(=O)c1ccc(-c2cc(Cl)c3c(c2)CC(CNC(=O)C=Cc2cn(C)c4ccccc24)O3)s1. The van der Waals surface area contributed by atoms with Crippen LogP contribution >= 0.6 is 22.9 Å². The van der Waals surface area contributed by atoms with Gasteiger partial charge in [-0.05, 0) is 48.9 Å². The van der Waals surface area contributed by atoms with Crippen molar-refractivity contribution in [3.8, 4) is 16.2 Å². The predicted molar refractivity (Wildman–Crippen MR) is 138 cm³/mol. The standard InChI is InChI=1S/C27H23ClN2O3S/c1-16(31)24-8-9-25(34-24)18-11-19-12-20(33-27(19)22(28)13-18)14-29-26(32)10-7-17-15-30(2)23-6-4-3-5-21(17)23/h3-11,13,15,20H,12,14H2,1-2H3,(H,29,32). The Labute approximate surface area is 206 Å². The molecule has 1 N–H and O–H groups in total. The molecule has 172 valence electrons. The Morgan fingerprint density at radius 2 is 2.06 bits per heavy atom. The van der Waals surface area contributed by atoms with Crippen molar-refractivity contribution in [2.75, 3.05) is 6.54 Å². The predicted octanol–water partition coefficient (Wildman–Crippen LogP) is 5.90. The molecule has 4 aromatic rings. The summed E-state index contributed by atoms with van der Waals surface area (Å²) in [5, 5.41) is 4.57. The molecule has 3 heterocycles. The number of ether oxygens (including phenoxy) is 1. The minimum atomic E-state index is -0.186. The van der Waals surface area contributed by atoms with Crippen molar-refractivity contribution in [3.63, 3.8) is 0 Å². The van der Waals surface area contributed by atoms with Crippen LogP contribution in [0.5, 0.6) is 5.75 Å². The fourth-order valence-corrected chi connectivity index (χ4v) is 5.44. The second kappa shape index (κ2) is 9.12. The van der Waals surface area contributed by atoms with Gasteiger partial charge in [-0.3, -0.25) is 9.59 Å². The summed E-state index contributed by atoms with van der Waals surface area (Å²) in [4.78, 5) is 25.8. The van der Waals surface area contributed by atoms with E-state index in [0.717, 1.165) is 37.3 Å². The lowest BCUT2D eigenvalue weighted by molar-refractivity contribution is -0.116. The van der Waals surface area contributed by atoms with E-state index >= 15 is 0 Å². The van der Waals surface area contributed by atoms with Crippen LogP contribution in [0, 0.1) is 0 Å². The third-order valence-corrected chi connectivity index (χ3v) is 7.45. The van der Waals surface area contributed by atoms with Gasteiger partial charge in [0.2, 0.25) is 5.91 Å². The van der Waals surface area contributed by atoms with E-state index in [9.17, 15) is 9.59 Å². The van der Waals surface area contributed by atoms with Crippen LogP contribution in [0.15, 0.2) is 60.8 Å². The Kier molecular flexibility index (Phi) is 6.02. The molecule has 7 heteroatoms. The van der Waals surface area contributed by atoms with Crippen molar-refractivity contribution in [1.82, 2.24) is 9.88 Å². The zero-order chi connectivity index (χ0) is 23.8. The molecule has 1 amide bonds. The van der Waals surface area contributed by atoms with Crippen LogP contribution in [0.4, 0.5) is 0 Å². The fourth-order valence-electron chi connectivity index (χ4n) is 4.27. The normalized spacial score (nSPS) is 15.0. The number of thiophene rings is 1. The van der Waals surface area contributed by atoms with Gasteiger partial charge < -0.3 is 14.6 Å². The van der Waals surface area contributed by atoms with Crippen LogP contribution in [0.3, 0.4) is 0 Å². The van der Waals surface area contributed by atoms with E-state index in [2.05, 4.69) is 17.4 Å². The number of carbonyl (C=O) groups excluding carboxylic acids is 2. The van der Waals surface area contributed by atoms with Gasteiger partial charge in [0.05, 0.1) is 16.4 Å². The topological polar surface area (TPSA) is 60.3 Å². The maximum absolute atomic E-state index is 12.4. The molecule has 0 saturated heterocycles. The maximum Gasteiger partial charge on any atom is 0.244 e.